The van der Waals surface area contributed by atoms with Crippen molar-refractivity contribution in [3.05, 3.63) is 61.6 Å². The number of benzene rings is 2. The van der Waals surface area contributed by atoms with E-state index in [1.54, 1.807) is 6.07 Å². The Labute approximate surface area is 132 Å². The maximum Gasteiger partial charge on any atom is 0.337 e. The van der Waals surface area contributed by atoms with Gasteiger partial charge in [-0.25, -0.2) is 4.79 Å². The minimum Gasteiger partial charge on any atom is -0.478 e. The number of hydrogen-bond acceptors (Lipinski definition) is 4. The van der Waals surface area contributed by atoms with Gasteiger partial charge in [0.1, 0.15) is 5.69 Å². The lowest BCUT2D eigenvalue weighted by Gasteiger charge is -2.11. The second kappa shape index (κ2) is 6.11. The summed E-state index contributed by atoms with van der Waals surface area (Å²) in [5, 5.41) is 23.2. The molecule has 0 atom stereocenters. The Bertz CT molecular complexity index is 675. The molecule has 0 aromatic heterocycles. The lowest BCUT2D eigenvalue weighted by atomic mass is 10.1. The summed E-state index contributed by atoms with van der Waals surface area (Å²) < 4.78 is 0.639. The molecule has 0 saturated heterocycles. The highest BCUT2D eigenvalue weighted by molar-refractivity contribution is 9.10. The Morgan fingerprint density at radius 3 is 2.57 bits per heavy atom. The van der Waals surface area contributed by atoms with E-state index in [2.05, 4.69) is 21.2 Å². The molecule has 0 bridgehead atoms. The summed E-state index contributed by atoms with van der Waals surface area (Å²) in [6.07, 6.45) is 0. The molecule has 0 radical (unpaired) electrons. The van der Waals surface area contributed by atoms with Crippen molar-refractivity contribution in [2.24, 2.45) is 0 Å². The number of hydrogen-bond donors (Lipinski definition) is 2. The van der Waals surface area contributed by atoms with Crippen LogP contribution in [-0.2, 0) is 0 Å². The van der Waals surface area contributed by atoms with Crippen LogP contribution in [0.2, 0.25) is 5.02 Å². The summed E-state index contributed by atoms with van der Waals surface area (Å²) in [5.74, 6) is -1.14. The van der Waals surface area contributed by atoms with Crippen LogP contribution in [0.1, 0.15) is 10.4 Å². The van der Waals surface area contributed by atoms with Crippen molar-refractivity contribution >= 4 is 50.6 Å². The molecule has 0 unspecified atom stereocenters. The molecule has 0 aliphatic carbocycles. The molecule has 2 N–H and O–H groups in total. The standard InChI is InChI=1S/C13H8BrClN2O4/c14-7-1-3-9(13(18)19)10(5-7)16-11-6-8(15)2-4-12(11)17(20)21/h1-6,16H,(H,18,19). The Hall–Kier alpha value is -2.12. The molecule has 0 saturated carbocycles. The molecule has 0 aliphatic heterocycles. The highest BCUT2D eigenvalue weighted by atomic mass is 79.9. The highest BCUT2D eigenvalue weighted by Gasteiger charge is 2.17. The van der Waals surface area contributed by atoms with Crippen LogP contribution < -0.4 is 5.32 Å². The summed E-state index contributed by atoms with van der Waals surface area (Å²) in [4.78, 5) is 21.6. The van der Waals surface area contributed by atoms with Crippen molar-refractivity contribution in [3.8, 4) is 0 Å². The number of rotatable bonds is 4. The fourth-order valence-corrected chi connectivity index (χ4v) is 2.25. The van der Waals surface area contributed by atoms with Gasteiger partial charge in [-0.1, -0.05) is 27.5 Å². The Morgan fingerprint density at radius 2 is 1.95 bits per heavy atom. The number of carbonyl (C=O) groups is 1. The van der Waals surface area contributed by atoms with Crippen molar-refractivity contribution in [1.82, 2.24) is 0 Å². The van der Waals surface area contributed by atoms with Gasteiger partial charge in [0.15, 0.2) is 0 Å². The second-order valence-electron chi connectivity index (χ2n) is 4.04. The zero-order valence-corrected chi connectivity index (χ0v) is 12.7. The number of nitro groups is 1. The molecule has 2 rings (SSSR count). The molecular formula is C13H8BrClN2O4. The maximum atomic E-state index is 11.2. The first kappa shape index (κ1) is 15.3. The summed E-state index contributed by atoms with van der Waals surface area (Å²) in [6.45, 7) is 0. The van der Waals surface area contributed by atoms with Crippen LogP contribution in [0.3, 0.4) is 0 Å². The van der Waals surface area contributed by atoms with E-state index in [0.29, 0.717) is 9.50 Å². The van der Waals surface area contributed by atoms with Gasteiger partial charge >= 0.3 is 5.97 Å². The van der Waals surface area contributed by atoms with Gasteiger partial charge in [0, 0.05) is 15.6 Å². The third-order valence-corrected chi connectivity index (χ3v) is 3.37. The average Bonchev–Trinajstić information content (AvgIpc) is 2.38. The van der Waals surface area contributed by atoms with Gasteiger partial charge in [-0.05, 0) is 30.3 Å². The predicted octanol–water partition coefficient (Wildman–Crippen LogP) is 4.45. The summed E-state index contributed by atoms with van der Waals surface area (Å²) in [5.41, 5.74) is 0.138. The fourth-order valence-electron chi connectivity index (χ4n) is 1.72. The quantitative estimate of drug-likeness (QED) is 0.612. The topological polar surface area (TPSA) is 92.5 Å². The van der Waals surface area contributed by atoms with E-state index in [0.717, 1.165) is 0 Å². The monoisotopic (exact) mass is 370 g/mol. The van der Waals surface area contributed by atoms with E-state index in [1.807, 2.05) is 0 Å². The zero-order valence-electron chi connectivity index (χ0n) is 10.3. The lowest BCUT2D eigenvalue weighted by Crippen LogP contribution is -2.04. The number of nitrogens with one attached hydrogen (secondary N) is 1. The van der Waals surface area contributed by atoms with Gasteiger partial charge in [-0.15, -0.1) is 0 Å². The molecule has 6 nitrogen and oxygen atoms in total. The number of halogens is 2. The van der Waals surface area contributed by atoms with Gasteiger partial charge in [0.25, 0.3) is 5.69 Å². The molecule has 2 aromatic rings. The third-order valence-electron chi connectivity index (χ3n) is 2.64. The predicted molar refractivity (Wildman–Crippen MR) is 82.5 cm³/mol. The summed E-state index contributed by atoms with van der Waals surface area (Å²) >= 11 is 9.06. The minimum absolute atomic E-state index is 0.00697. The Morgan fingerprint density at radius 1 is 1.24 bits per heavy atom. The maximum absolute atomic E-state index is 11.2. The van der Waals surface area contributed by atoms with Crippen LogP contribution in [-0.4, -0.2) is 16.0 Å². The Kier molecular flexibility index (Phi) is 4.44. The van der Waals surface area contributed by atoms with E-state index in [9.17, 15) is 14.9 Å². The fraction of sp³-hybridized carbons (Fsp3) is 0. The van der Waals surface area contributed by atoms with Crippen molar-refractivity contribution in [1.29, 1.82) is 0 Å². The van der Waals surface area contributed by atoms with Crippen molar-refractivity contribution < 1.29 is 14.8 Å². The molecule has 8 heteroatoms. The first-order valence-electron chi connectivity index (χ1n) is 5.62. The number of nitrogens with zero attached hydrogens (tertiary/aromatic N) is 1. The number of nitro benzene ring substituents is 1. The minimum atomic E-state index is -1.14. The first-order chi connectivity index (χ1) is 9.88. The number of carboxylic acids is 1. The third kappa shape index (κ3) is 3.50. The van der Waals surface area contributed by atoms with E-state index in [4.69, 9.17) is 16.7 Å². The van der Waals surface area contributed by atoms with Crippen molar-refractivity contribution in [2.75, 3.05) is 5.32 Å². The van der Waals surface area contributed by atoms with Crippen LogP contribution in [0.25, 0.3) is 0 Å². The molecule has 0 aliphatic rings. The van der Waals surface area contributed by atoms with Crippen LogP contribution >= 0.6 is 27.5 Å². The molecule has 0 heterocycles. The van der Waals surface area contributed by atoms with Crippen LogP contribution in [0, 0.1) is 10.1 Å². The van der Waals surface area contributed by atoms with Gasteiger partial charge in [-0.3, -0.25) is 10.1 Å². The molecule has 2 aromatic carbocycles. The first-order valence-corrected chi connectivity index (χ1v) is 6.79. The normalized spacial score (nSPS) is 10.2. The number of carboxylic acid groups (broad SMARTS) is 1. The van der Waals surface area contributed by atoms with Crippen LogP contribution in [0.4, 0.5) is 17.1 Å². The highest BCUT2D eigenvalue weighted by Crippen LogP contribution is 2.32. The van der Waals surface area contributed by atoms with Crippen LogP contribution in [0.15, 0.2) is 40.9 Å². The second-order valence-corrected chi connectivity index (χ2v) is 5.39. The van der Waals surface area contributed by atoms with E-state index < -0.39 is 10.9 Å². The van der Waals surface area contributed by atoms with Crippen molar-refractivity contribution in [2.45, 2.75) is 0 Å². The van der Waals surface area contributed by atoms with Crippen LogP contribution in [0.5, 0.6) is 0 Å². The zero-order chi connectivity index (χ0) is 15.6. The smallest absolute Gasteiger partial charge is 0.337 e. The summed E-state index contributed by atoms with van der Waals surface area (Å²) in [7, 11) is 0. The van der Waals surface area contributed by atoms with Gasteiger partial charge in [0.05, 0.1) is 16.2 Å². The van der Waals surface area contributed by atoms with E-state index in [1.165, 1.54) is 30.3 Å². The molecular weight excluding hydrogens is 364 g/mol. The Balaban J connectivity index is 2.52. The largest absolute Gasteiger partial charge is 0.478 e. The number of aromatic carboxylic acids is 1. The molecule has 0 amide bonds. The van der Waals surface area contributed by atoms with Gasteiger partial charge < -0.3 is 10.4 Å². The molecule has 108 valence electrons. The van der Waals surface area contributed by atoms with E-state index in [-0.39, 0.29) is 22.6 Å². The lowest BCUT2D eigenvalue weighted by molar-refractivity contribution is -0.383. The average molecular weight is 372 g/mol. The van der Waals surface area contributed by atoms with E-state index >= 15 is 0 Å². The van der Waals surface area contributed by atoms with Gasteiger partial charge in [-0.2, -0.15) is 0 Å². The molecule has 21 heavy (non-hydrogen) atoms. The molecule has 0 spiro atoms. The molecule has 0 fully saturated rings. The summed E-state index contributed by atoms with van der Waals surface area (Å²) in [6, 6.07) is 8.50. The van der Waals surface area contributed by atoms with Gasteiger partial charge in [0.2, 0.25) is 0 Å². The van der Waals surface area contributed by atoms with Crippen molar-refractivity contribution in [3.63, 3.8) is 0 Å². The number of anilines is 2. The SMILES string of the molecule is O=C(O)c1ccc(Br)cc1Nc1cc(Cl)ccc1[N+](=O)[O-].